The number of hydrogen-bond acceptors (Lipinski definition) is 10. The smallest absolute Gasteiger partial charge is 0.340 e. The van der Waals surface area contributed by atoms with Gasteiger partial charge in [0.05, 0.1) is 47.8 Å². The minimum atomic E-state index is -1.88. The van der Waals surface area contributed by atoms with Gasteiger partial charge >= 0.3 is 11.9 Å². The van der Waals surface area contributed by atoms with E-state index in [-0.39, 0.29) is 62.7 Å². The number of unbranched alkanes of at least 4 members (excludes halogenated alkanes) is 3. The Hall–Kier alpha value is -4.47. The Morgan fingerprint density at radius 1 is 0.911 bits per heavy atom. The number of halogens is 2. The van der Waals surface area contributed by atoms with Gasteiger partial charge in [-0.1, -0.05) is 12.8 Å². The Morgan fingerprint density at radius 3 is 2.21 bits per heavy atom. The summed E-state index contributed by atoms with van der Waals surface area (Å²) in [5.74, 6) is -3.56. The number of rotatable bonds is 16. The molecule has 2 atom stereocenters. The zero-order valence-electron chi connectivity index (χ0n) is 33.2. The van der Waals surface area contributed by atoms with Gasteiger partial charge in [-0.05, 0) is 110 Å². The fourth-order valence-electron chi connectivity index (χ4n) is 6.65. The molecule has 5 rings (SSSR count). The van der Waals surface area contributed by atoms with Crippen molar-refractivity contribution in [2.24, 2.45) is 5.41 Å². The number of carbonyl (C=O) groups is 3. The van der Waals surface area contributed by atoms with Crippen molar-refractivity contribution in [1.82, 2.24) is 9.99 Å². The quantitative estimate of drug-likeness (QED) is 0.0647. The molecule has 0 saturated heterocycles. The second-order valence-electron chi connectivity index (χ2n) is 15.5. The van der Waals surface area contributed by atoms with E-state index in [2.05, 4.69) is 43.8 Å². The van der Waals surface area contributed by atoms with Gasteiger partial charge in [-0.25, -0.2) is 18.2 Å². The van der Waals surface area contributed by atoms with E-state index < -0.39 is 49.0 Å². The lowest BCUT2D eigenvalue weighted by atomic mass is 9.77. The van der Waals surface area contributed by atoms with Gasteiger partial charge in [-0.2, -0.15) is 5.26 Å². The third-order valence-corrected chi connectivity index (χ3v) is 11.5. The van der Waals surface area contributed by atoms with Crippen molar-refractivity contribution in [3.05, 3.63) is 87.5 Å². The minimum absolute atomic E-state index is 0.0304. The average molecular weight is 794 g/mol. The van der Waals surface area contributed by atoms with Crippen molar-refractivity contribution in [3.63, 3.8) is 0 Å². The molecular formula is C42H50F2N3O8P. The van der Waals surface area contributed by atoms with Crippen LogP contribution < -0.4 is 14.8 Å². The monoisotopic (exact) mass is 793 g/mol. The highest BCUT2D eigenvalue weighted by Gasteiger charge is 2.54. The highest BCUT2D eigenvalue weighted by Crippen LogP contribution is 2.57. The molecule has 2 aliphatic heterocycles. The summed E-state index contributed by atoms with van der Waals surface area (Å²) < 4.78 is 62.9. The second-order valence-corrected chi connectivity index (χ2v) is 17.0. The molecule has 3 aromatic carbocycles. The van der Waals surface area contributed by atoms with E-state index in [1.54, 1.807) is 27.7 Å². The Labute approximate surface area is 328 Å². The lowest BCUT2D eigenvalue weighted by Gasteiger charge is -2.37. The molecule has 56 heavy (non-hydrogen) atoms. The van der Waals surface area contributed by atoms with E-state index in [9.17, 15) is 14.4 Å². The number of nitrogens with one attached hydrogen (secondary N) is 1. The van der Waals surface area contributed by atoms with Gasteiger partial charge in [0, 0.05) is 35.8 Å². The molecule has 0 radical (unpaired) electrons. The number of aryl methyl sites for hydroxylation is 1. The first kappa shape index (κ1) is 42.7. The summed E-state index contributed by atoms with van der Waals surface area (Å²) in [6, 6.07) is 11.9. The van der Waals surface area contributed by atoms with Gasteiger partial charge < -0.3 is 28.6 Å². The first-order valence-electron chi connectivity index (χ1n) is 18.9. The summed E-state index contributed by atoms with van der Waals surface area (Å²) in [6.07, 6.45) is 3.50. The lowest BCUT2D eigenvalue weighted by molar-refractivity contribution is -0.143. The number of nitrogens with zero attached hydrogens (tertiary/aromatic N) is 2. The van der Waals surface area contributed by atoms with Crippen molar-refractivity contribution in [3.8, 4) is 23.3 Å². The van der Waals surface area contributed by atoms with Crippen molar-refractivity contribution in [2.75, 3.05) is 19.8 Å². The second kappa shape index (κ2) is 17.8. The zero-order chi connectivity index (χ0) is 40.9. The first-order valence-corrected chi connectivity index (χ1v) is 20.0. The molecule has 0 saturated carbocycles. The van der Waals surface area contributed by atoms with E-state index in [0.717, 1.165) is 25.3 Å². The van der Waals surface area contributed by atoms with Crippen molar-refractivity contribution < 1.29 is 46.4 Å². The Kier molecular flexibility index (Phi) is 13.5. The fourth-order valence-corrected chi connectivity index (χ4v) is 8.28. The third-order valence-electron chi connectivity index (χ3n) is 9.44. The van der Waals surface area contributed by atoms with Crippen LogP contribution in [0.5, 0.6) is 17.2 Å². The number of ether oxygens (including phenoxy) is 3. The van der Waals surface area contributed by atoms with E-state index >= 15 is 8.78 Å². The Bertz CT molecular complexity index is 2000. The van der Waals surface area contributed by atoms with Gasteiger partial charge in [-0.15, -0.1) is 0 Å². The molecule has 0 aliphatic carbocycles. The van der Waals surface area contributed by atoms with E-state index in [1.165, 1.54) is 36.4 Å². The van der Waals surface area contributed by atoms with Gasteiger partial charge in [0.1, 0.15) is 17.3 Å². The topological polar surface area (TPSA) is 136 Å². The summed E-state index contributed by atoms with van der Waals surface area (Å²) in [5.41, 5.74) is -1.84. The van der Waals surface area contributed by atoms with Crippen LogP contribution >= 0.6 is 8.53 Å². The van der Waals surface area contributed by atoms with Gasteiger partial charge in [-0.3, -0.25) is 9.59 Å². The van der Waals surface area contributed by atoms with Crippen molar-refractivity contribution >= 4 is 26.4 Å². The van der Waals surface area contributed by atoms with Crippen LogP contribution in [-0.4, -0.2) is 54.4 Å². The maximum absolute atomic E-state index is 15.8. The number of benzene rings is 3. The summed E-state index contributed by atoms with van der Waals surface area (Å²) in [7, 11) is -1.30. The lowest BCUT2D eigenvalue weighted by Crippen LogP contribution is -2.34. The van der Waals surface area contributed by atoms with E-state index in [4.69, 9.17) is 28.5 Å². The van der Waals surface area contributed by atoms with Crippen LogP contribution in [0.3, 0.4) is 0 Å². The van der Waals surface area contributed by atoms with Gasteiger partial charge in [0.15, 0.2) is 17.2 Å². The van der Waals surface area contributed by atoms with Gasteiger partial charge in [0.25, 0.3) is 14.4 Å². The highest BCUT2D eigenvalue weighted by molar-refractivity contribution is 7.44. The molecular weight excluding hydrogens is 743 g/mol. The number of nitriles is 1. The first-order chi connectivity index (χ1) is 26.5. The maximum Gasteiger partial charge on any atom is 0.340 e. The number of fused-ring (bicyclic) bond motifs is 6. The van der Waals surface area contributed by atoms with Crippen LogP contribution in [0.25, 0.3) is 0 Å². The summed E-state index contributed by atoms with van der Waals surface area (Å²) in [5, 5.41) is 11.9. The molecule has 2 aliphatic rings. The fraction of sp³-hybridized carbons (Fsp3) is 0.476. The van der Waals surface area contributed by atoms with Crippen LogP contribution in [-0.2, 0) is 24.2 Å². The standard InChI is InChI=1S/C42H50F2N3O8P/c1-25(2)47(26(3)4)56(52-19-13-16-45)51-18-12-10-9-11-17-46-38(48)28-14-15-29-30(21-28)42(55-39(29)49)31-22-33(43)27(5)20-35(31)53-36-24-37(34(44)23-32(36)42)54-40(50)41(6,7)8/h14-15,20-26H,9-13,17-19H2,1-8H3,(H,46,48). The Morgan fingerprint density at radius 2 is 1.55 bits per heavy atom. The normalized spacial score (nSPS) is 16.2. The zero-order valence-corrected chi connectivity index (χ0v) is 34.1. The molecule has 1 N–H and O–H groups in total. The molecule has 14 heteroatoms. The minimum Gasteiger partial charge on any atom is -0.456 e. The molecule has 3 aromatic rings. The largest absolute Gasteiger partial charge is 0.456 e. The molecule has 0 aromatic heterocycles. The summed E-state index contributed by atoms with van der Waals surface area (Å²) in [6.45, 7) is 16.0. The van der Waals surface area contributed by atoms with Crippen LogP contribution in [0.15, 0.2) is 42.5 Å². The van der Waals surface area contributed by atoms with Crippen LogP contribution in [0.2, 0.25) is 0 Å². The molecule has 300 valence electrons. The van der Waals surface area contributed by atoms with Crippen molar-refractivity contribution in [1.29, 1.82) is 5.26 Å². The average Bonchev–Trinajstić information content (AvgIpc) is 3.41. The molecule has 1 amide bonds. The SMILES string of the molecule is Cc1cc2c(cc1F)C1(OC(=O)c3ccc(C(=O)NCCCCCCOP(OCCC#N)N(C(C)C)C(C)C)cc31)c1cc(F)c(OC(=O)C(C)(C)C)cc1O2. The predicted octanol–water partition coefficient (Wildman–Crippen LogP) is 9.38. The third kappa shape index (κ3) is 9.05. The number of amides is 1. The molecule has 0 fully saturated rings. The molecule has 2 unspecified atom stereocenters. The number of esters is 2. The molecule has 1 spiro atoms. The molecule has 2 heterocycles. The van der Waals surface area contributed by atoms with Crippen LogP contribution in [0, 0.1) is 35.3 Å². The molecule has 11 nitrogen and oxygen atoms in total. The predicted molar refractivity (Wildman–Crippen MR) is 206 cm³/mol. The number of hydrogen-bond donors (Lipinski definition) is 1. The maximum atomic E-state index is 15.8. The van der Waals surface area contributed by atoms with Gasteiger partial charge in [0.2, 0.25) is 0 Å². The van der Waals surface area contributed by atoms with Crippen LogP contribution in [0.4, 0.5) is 8.78 Å². The van der Waals surface area contributed by atoms with Crippen LogP contribution in [0.1, 0.15) is 124 Å². The highest BCUT2D eigenvalue weighted by atomic mass is 31.2. The molecule has 0 bridgehead atoms. The van der Waals surface area contributed by atoms with E-state index in [0.29, 0.717) is 32.6 Å². The van der Waals surface area contributed by atoms with E-state index in [1.807, 2.05) is 0 Å². The Balaban J connectivity index is 1.30. The summed E-state index contributed by atoms with van der Waals surface area (Å²) in [4.78, 5) is 39.6. The number of carbonyl (C=O) groups excluding carboxylic acids is 3. The summed E-state index contributed by atoms with van der Waals surface area (Å²) >= 11 is 0. The van der Waals surface area contributed by atoms with Crippen molar-refractivity contribution in [2.45, 2.75) is 105 Å².